The predicted molar refractivity (Wildman–Crippen MR) is 101 cm³/mol. The second-order valence-corrected chi connectivity index (χ2v) is 9.76. The predicted octanol–water partition coefficient (Wildman–Crippen LogP) is 0.987. The number of carbonyl (C=O) groups excluding carboxylic acids is 1. The van der Waals surface area contributed by atoms with Gasteiger partial charge in [-0.3, -0.25) is 9.69 Å². The second kappa shape index (κ2) is 9.27. The molecule has 1 aromatic heterocycles. The molecule has 146 valence electrons. The van der Waals surface area contributed by atoms with Gasteiger partial charge in [-0.05, 0) is 43.2 Å². The van der Waals surface area contributed by atoms with Crippen LogP contribution in [0.3, 0.4) is 0 Å². The number of thiophene rings is 1. The quantitative estimate of drug-likeness (QED) is 0.737. The van der Waals surface area contributed by atoms with Crippen molar-refractivity contribution < 1.29 is 17.9 Å². The maximum atomic E-state index is 12.3. The Kier molecular flexibility index (Phi) is 7.05. The summed E-state index contributed by atoms with van der Waals surface area (Å²) in [7, 11) is -3.58. The van der Waals surface area contributed by atoms with E-state index in [1.165, 1.54) is 6.07 Å². The number of nitrogens with zero attached hydrogens (tertiary/aromatic N) is 2. The van der Waals surface area contributed by atoms with Crippen LogP contribution in [0.2, 0.25) is 0 Å². The minimum Gasteiger partial charge on any atom is -0.379 e. The monoisotopic (exact) mass is 401 g/mol. The molecule has 1 N–H and O–H groups in total. The molecule has 0 radical (unpaired) electrons. The van der Waals surface area contributed by atoms with Crippen molar-refractivity contribution in [1.29, 1.82) is 0 Å². The normalized spacial score (nSPS) is 20.4. The number of likely N-dealkylation sites (tertiary alicyclic amines) is 1. The highest BCUT2D eigenvalue weighted by molar-refractivity contribution is 7.91. The summed E-state index contributed by atoms with van der Waals surface area (Å²) >= 11 is 1.15. The van der Waals surface area contributed by atoms with Gasteiger partial charge < -0.3 is 9.64 Å². The molecular formula is C17H27N3O4S2. The summed E-state index contributed by atoms with van der Waals surface area (Å²) in [6.45, 7) is 6.05. The van der Waals surface area contributed by atoms with Gasteiger partial charge in [0.05, 0.1) is 19.8 Å². The molecule has 2 aliphatic rings. The molecule has 1 aromatic rings. The first-order chi connectivity index (χ1) is 12.5. The molecule has 0 unspecified atom stereocenters. The highest BCUT2D eigenvalue weighted by Gasteiger charge is 2.25. The zero-order valence-corrected chi connectivity index (χ0v) is 16.6. The van der Waals surface area contributed by atoms with Gasteiger partial charge in [-0.1, -0.05) is 6.07 Å². The van der Waals surface area contributed by atoms with Crippen LogP contribution in [0.4, 0.5) is 0 Å². The lowest BCUT2D eigenvalue weighted by Gasteiger charge is -2.34. The number of ether oxygens (including phenoxy) is 1. The van der Waals surface area contributed by atoms with Crippen molar-refractivity contribution >= 4 is 27.3 Å². The van der Waals surface area contributed by atoms with E-state index in [2.05, 4.69) is 9.62 Å². The van der Waals surface area contributed by atoms with Gasteiger partial charge in [0, 0.05) is 26.2 Å². The number of nitrogens with one attached hydrogen (secondary N) is 1. The summed E-state index contributed by atoms with van der Waals surface area (Å²) in [5, 5.41) is 1.71. The fourth-order valence-corrected chi connectivity index (χ4v) is 5.43. The zero-order chi connectivity index (χ0) is 18.4. The van der Waals surface area contributed by atoms with E-state index in [4.69, 9.17) is 4.74 Å². The number of piperidine rings is 1. The zero-order valence-electron chi connectivity index (χ0n) is 14.9. The highest BCUT2D eigenvalue weighted by Crippen LogP contribution is 2.21. The van der Waals surface area contributed by atoms with E-state index in [1.54, 1.807) is 16.3 Å². The van der Waals surface area contributed by atoms with Gasteiger partial charge in [0.15, 0.2) is 0 Å². The van der Waals surface area contributed by atoms with Crippen LogP contribution in [0.25, 0.3) is 0 Å². The molecule has 0 aromatic carbocycles. The first kappa shape index (κ1) is 19.8. The third kappa shape index (κ3) is 5.50. The number of amides is 1. The Hall–Kier alpha value is -1.00. The van der Waals surface area contributed by atoms with Gasteiger partial charge in [0.1, 0.15) is 4.21 Å². The van der Waals surface area contributed by atoms with Gasteiger partial charge in [-0.25, -0.2) is 13.1 Å². The van der Waals surface area contributed by atoms with Crippen LogP contribution in [0.1, 0.15) is 19.3 Å². The Labute approximate surface area is 159 Å². The molecule has 26 heavy (non-hydrogen) atoms. The van der Waals surface area contributed by atoms with Crippen molar-refractivity contribution in [2.45, 2.75) is 23.5 Å². The van der Waals surface area contributed by atoms with E-state index in [0.29, 0.717) is 19.0 Å². The van der Waals surface area contributed by atoms with Crippen LogP contribution in [0, 0.1) is 5.92 Å². The van der Waals surface area contributed by atoms with Gasteiger partial charge in [-0.15, -0.1) is 11.3 Å². The lowest BCUT2D eigenvalue weighted by atomic mass is 9.93. The fourth-order valence-electron chi connectivity index (χ4n) is 3.42. The Balaban J connectivity index is 1.36. The first-order valence-corrected chi connectivity index (χ1v) is 11.5. The molecule has 0 bridgehead atoms. The van der Waals surface area contributed by atoms with Crippen LogP contribution in [-0.4, -0.2) is 76.6 Å². The van der Waals surface area contributed by atoms with Gasteiger partial charge in [-0.2, -0.15) is 0 Å². The molecule has 2 aliphatic heterocycles. The molecule has 3 rings (SSSR count). The van der Waals surface area contributed by atoms with Gasteiger partial charge in [0.25, 0.3) is 10.0 Å². The van der Waals surface area contributed by atoms with Crippen LogP contribution in [-0.2, 0) is 19.6 Å². The number of rotatable bonds is 7. The van der Waals surface area contributed by atoms with Crippen molar-refractivity contribution in [3.05, 3.63) is 17.5 Å². The molecule has 0 spiro atoms. The van der Waals surface area contributed by atoms with Gasteiger partial charge >= 0.3 is 0 Å². The number of morpholine rings is 1. The number of hydrogen-bond donors (Lipinski definition) is 1. The average molecular weight is 402 g/mol. The first-order valence-electron chi connectivity index (χ1n) is 9.15. The standard InChI is InChI=1S/C17H27N3O4S2/c21-16(14-18-26(22,23)17-2-1-13-25-17)20-7-4-15(5-8-20)3-6-19-9-11-24-12-10-19/h1-2,13,15,18H,3-12,14H2. The minimum absolute atomic E-state index is 0.142. The summed E-state index contributed by atoms with van der Waals surface area (Å²) < 4.78 is 32.2. The van der Waals surface area contributed by atoms with E-state index in [9.17, 15) is 13.2 Å². The number of carbonyl (C=O) groups is 1. The molecule has 0 saturated carbocycles. The summed E-state index contributed by atoms with van der Waals surface area (Å²) in [5.41, 5.74) is 0. The topological polar surface area (TPSA) is 79.0 Å². The van der Waals surface area contributed by atoms with Crippen LogP contribution >= 0.6 is 11.3 Å². The van der Waals surface area contributed by atoms with E-state index in [0.717, 1.165) is 63.4 Å². The summed E-state index contributed by atoms with van der Waals surface area (Å²) in [4.78, 5) is 16.5. The lowest BCUT2D eigenvalue weighted by molar-refractivity contribution is -0.131. The van der Waals surface area contributed by atoms with Crippen molar-refractivity contribution in [2.75, 3.05) is 52.5 Å². The molecule has 3 heterocycles. The largest absolute Gasteiger partial charge is 0.379 e. The second-order valence-electron chi connectivity index (χ2n) is 6.82. The Morgan fingerprint density at radius 3 is 2.62 bits per heavy atom. The van der Waals surface area contributed by atoms with Crippen LogP contribution in [0.5, 0.6) is 0 Å². The van der Waals surface area contributed by atoms with E-state index in [1.807, 2.05) is 0 Å². The molecule has 7 nitrogen and oxygen atoms in total. The Morgan fingerprint density at radius 1 is 1.23 bits per heavy atom. The molecule has 2 fully saturated rings. The Bertz CT molecular complexity index is 664. The molecule has 2 saturated heterocycles. The van der Waals surface area contributed by atoms with Crippen LogP contribution in [0.15, 0.2) is 21.7 Å². The molecule has 0 aliphatic carbocycles. The fraction of sp³-hybridized carbons (Fsp3) is 0.706. The van der Waals surface area contributed by atoms with E-state index < -0.39 is 10.0 Å². The van der Waals surface area contributed by atoms with Crippen molar-refractivity contribution in [3.63, 3.8) is 0 Å². The number of sulfonamides is 1. The van der Waals surface area contributed by atoms with Gasteiger partial charge in [0.2, 0.25) is 5.91 Å². The summed E-state index contributed by atoms with van der Waals surface area (Å²) in [6.07, 6.45) is 3.15. The lowest BCUT2D eigenvalue weighted by Crippen LogP contribution is -2.44. The molecule has 0 atom stereocenters. The SMILES string of the molecule is O=C(CNS(=O)(=O)c1cccs1)N1CCC(CCN2CCOCC2)CC1. The minimum atomic E-state index is -3.58. The maximum Gasteiger partial charge on any atom is 0.250 e. The smallest absolute Gasteiger partial charge is 0.250 e. The Morgan fingerprint density at radius 2 is 1.96 bits per heavy atom. The van der Waals surface area contributed by atoms with Crippen molar-refractivity contribution in [1.82, 2.24) is 14.5 Å². The van der Waals surface area contributed by atoms with Crippen molar-refractivity contribution in [3.8, 4) is 0 Å². The van der Waals surface area contributed by atoms with E-state index in [-0.39, 0.29) is 16.7 Å². The van der Waals surface area contributed by atoms with E-state index >= 15 is 0 Å². The van der Waals surface area contributed by atoms with Crippen LogP contribution < -0.4 is 4.72 Å². The number of hydrogen-bond acceptors (Lipinski definition) is 6. The van der Waals surface area contributed by atoms with Crippen molar-refractivity contribution in [2.24, 2.45) is 5.92 Å². The molecule has 1 amide bonds. The highest BCUT2D eigenvalue weighted by atomic mass is 32.2. The molecule has 9 heteroatoms. The summed E-state index contributed by atoms with van der Waals surface area (Å²) in [5.74, 6) is 0.501. The third-order valence-corrected chi connectivity index (χ3v) is 7.90. The average Bonchev–Trinajstić information content (AvgIpc) is 3.22. The summed E-state index contributed by atoms with van der Waals surface area (Å²) in [6, 6.07) is 3.22. The third-order valence-electron chi connectivity index (χ3n) is 5.10. The molecular weight excluding hydrogens is 374 g/mol. The maximum absolute atomic E-state index is 12.3.